The Balaban J connectivity index is 1.59. The van der Waals surface area contributed by atoms with Gasteiger partial charge in [0.05, 0.1) is 7.11 Å². The predicted octanol–water partition coefficient (Wildman–Crippen LogP) is 2.40. The van der Waals surface area contributed by atoms with Gasteiger partial charge in [-0.25, -0.2) is 9.97 Å². The van der Waals surface area contributed by atoms with Gasteiger partial charge in [-0.05, 0) is 30.9 Å². The Morgan fingerprint density at radius 1 is 1.29 bits per heavy atom. The highest BCUT2D eigenvalue weighted by atomic mass is 16.5. The maximum absolute atomic E-state index is 12.7. The minimum Gasteiger partial charge on any atom is -0.480 e. The standard InChI is InChI=1S/C18H24N4O2/c1-3-16-19-9-12-22(16)13-14-6-10-21(11-7-14)18(23)15-5-4-8-20-17(15)24-2/h4-5,8-9,12,14H,3,6-7,10-11,13H2,1-2H3. The van der Waals surface area contributed by atoms with Crippen LogP contribution in [0.3, 0.4) is 0 Å². The molecule has 0 aromatic carbocycles. The van der Waals surface area contributed by atoms with Crippen LogP contribution in [0.5, 0.6) is 5.88 Å². The van der Waals surface area contributed by atoms with E-state index < -0.39 is 0 Å². The number of piperidine rings is 1. The number of nitrogens with zero attached hydrogens (tertiary/aromatic N) is 4. The molecule has 0 bridgehead atoms. The van der Waals surface area contributed by atoms with Crippen LogP contribution in [0.4, 0.5) is 0 Å². The number of rotatable bonds is 5. The Kier molecular flexibility index (Phi) is 5.13. The summed E-state index contributed by atoms with van der Waals surface area (Å²) in [6.45, 7) is 4.66. The quantitative estimate of drug-likeness (QED) is 0.845. The monoisotopic (exact) mass is 328 g/mol. The maximum atomic E-state index is 12.7. The highest BCUT2D eigenvalue weighted by Crippen LogP contribution is 2.23. The van der Waals surface area contributed by atoms with E-state index in [-0.39, 0.29) is 5.91 Å². The third-order valence-electron chi connectivity index (χ3n) is 4.67. The third-order valence-corrected chi connectivity index (χ3v) is 4.67. The molecule has 1 aliphatic heterocycles. The largest absolute Gasteiger partial charge is 0.480 e. The van der Waals surface area contributed by atoms with Gasteiger partial charge in [-0.3, -0.25) is 4.79 Å². The second kappa shape index (κ2) is 7.47. The van der Waals surface area contributed by atoms with Gasteiger partial charge in [0.1, 0.15) is 11.4 Å². The molecule has 3 rings (SSSR count). The van der Waals surface area contributed by atoms with Crippen LogP contribution >= 0.6 is 0 Å². The normalized spacial score (nSPS) is 15.5. The van der Waals surface area contributed by atoms with Crippen molar-refractivity contribution in [2.75, 3.05) is 20.2 Å². The van der Waals surface area contributed by atoms with Crippen molar-refractivity contribution in [1.82, 2.24) is 19.4 Å². The topological polar surface area (TPSA) is 60.2 Å². The first-order valence-corrected chi connectivity index (χ1v) is 8.51. The Labute approximate surface area is 142 Å². The summed E-state index contributed by atoms with van der Waals surface area (Å²) in [6, 6.07) is 3.55. The number of pyridine rings is 1. The molecule has 0 unspecified atom stereocenters. The molecule has 0 spiro atoms. The SMILES string of the molecule is CCc1nccn1CC1CCN(C(=O)c2cccnc2OC)CC1. The number of hydrogen-bond acceptors (Lipinski definition) is 4. The van der Waals surface area contributed by atoms with Crippen molar-refractivity contribution in [3.63, 3.8) is 0 Å². The first-order chi connectivity index (χ1) is 11.7. The lowest BCUT2D eigenvalue weighted by Gasteiger charge is -2.32. The van der Waals surface area contributed by atoms with Crippen molar-refractivity contribution in [3.05, 3.63) is 42.1 Å². The van der Waals surface area contributed by atoms with Crippen molar-refractivity contribution in [1.29, 1.82) is 0 Å². The van der Waals surface area contributed by atoms with Crippen LogP contribution < -0.4 is 4.74 Å². The summed E-state index contributed by atoms with van der Waals surface area (Å²) >= 11 is 0. The third kappa shape index (κ3) is 3.42. The van der Waals surface area contributed by atoms with E-state index in [1.54, 1.807) is 25.4 Å². The number of imidazole rings is 1. The van der Waals surface area contributed by atoms with Crippen molar-refractivity contribution in [2.24, 2.45) is 5.92 Å². The van der Waals surface area contributed by atoms with E-state index in [1.807, 2.05) is 11.1 Å². The summed E-state index contributed by atoms with van der Waals surface area (Å²) in [5.74, 6) is 2.13. The Morgan fingerprint density at radius 3 is 2.79 bits per heavy atom. The summed E-state index contributed by atoms with van der Waals surface area (Å²) in [6.07, 6.45) is 8.53. The molecule has 1 saturated heterocycles. The molecule has 6 heteroatoms. The molecule has 0 aliphatic carbocycles. The predicted molar refractivity (Wildman–Crippen MR) is 91.0 cm³/mol. The molecule has 0 N–H and O–H groups in total. The molecular formula is C18H24N4O2. The van der Waals surface area contributed by atoms with Crippen LogP contribution in [-0.4, -0.2) is 45.5 Å². The van der Waals surface area contributed by atoms with E-state index >= 15 is 0 Å². The molecule has 0 saturated carbocycles. The summed E-state index contributed by atoms with van der Waals surface area (Å²) < 4.78 is 7.45. The minimum atomic E-state index is 0.00952. The first-order valence-electron chi connectivity index (χ1n) is 8.51. The molecule has 24 heavy (non-hydrogen) atoms. The number of likely N-dealkylation sites (tertiary alicyclic amines) is 1. The lowest BCUT2D eigenvalue weighted by molar-refractivity contribution is 0.0678. The van der Waals surface area contributed by atoms with Crippen LogP contribution in [0.2, 0.25) is 0 Å². The zero-order chi connectivity index (χ0) is 16.9. The minimum absolute atomic E-state index is 0.00952. The van der Waals surface area contributed by atoms with Crippen LogP contribution in [0, 0.1) is 5.92 Å². The van der Waals surface area contributed by atoms with Gasteiger partial charge in [-0.1, -0.05) is 6.92 Å². The van der Waals surface area contributed by atoms with Gasteiger partial charge in [-0.15, -0.1) is 0 Å². The molecule has 1 amide bonds. The molecule has 1 fully saturated rings. The molecule has 0 atom stereocenters. The van der Waals surface area contributed by atoms with Gasteiger partial charge in [0.15, 0.2) is 0 Å². The molecule has 3 heterocycles. The van der Waals surface area contributed by atoms with E-state index in [2.05, 4.69) is 27.7 Å². The Bertz CT molecular complexity index is 690. The fourth-order valence-electron chi connectivity index (χ4n) is 3.30. The zero-order valence-electron chi connectivity index (χ0n) is 14.3. The molecular weight excluding hydrogens is 304 g/mol. The smallest absolute Gasteiger partial charge is 0.259 e. The van der Waals surface area contributed by atoms with Gasteiger partial charge in [0, 0.05) is 44.6 Å². The van der Waals surface area contributed by atoms with Gasteiger partial charge in [-0.2, -0.15) is 0 Å². The molecule has 2 aromatic heterocycles. The molecule has 128 valence electrons. The van der Waals surface area contributed by atoms with E-state index in [4.69, 9.17) is 4.74 Å². The van der Waals surface area contributed by atoms with Crippen LogP contribution in [0.15, 0.2) is 30.7 Å². The van der Waals surface area contributed by atoms with E-state index in [9.17, 15) is 4.79 Å². The van der Waals surface area contributed by atoms with E-state index in [0.717, 1.165) is 44.7 Å². The average Bonchev–Trinajstić information content (AvgIpc) is 3.09. The zero-order valence-corrected chi connectivity index (χ0v) is 14.3. The summed E-state index contributed by atoms with van der Waals surface area (Å²) in [7, 11) is 1.54. The fraction of sp³-hybridized carbons (Fsp3) is 0.500. The highest BCUT2D eigenvalue weighted by Gasteiger charge is 2.26. The number of aromatic nitrogens is 3. The molecule has 0 radical (unpaired) electrons. The average molecular weight is 328 g/mol. The summed E-state index contributed by atoms with van der Waals surface area (Å²) in [5, 5.41) is 0. The lowest BCUT2D eigenvalue weighted by Crippen LogP contribution is -2.39. The Hall–Kier alpha value is -2.37. The lowest BCUT2D eigenvalue weighted by atomic mass is 9.96. The van der Waals surface area contributed by atoms with Gasteiger partial charge in [0.25, 0.3) is 5.91 Å². The Morgan fingerprint density at radius 2 is 2.08 bits per heavy atom. The van der Waals surface area contributed by atoms with Crippen molar-refractivity contribution in [2.45, 2.75) is 32.7 Å². The number of hydrogen-bond donors (Lipinski definition) is 0. The highest BCUT2D eigenvalue weighted by molar-refractivity contribution is 5.96. The van der Waals surface area contributed by atoms with Gasteiger partial charge < -0.3 is 14.2 Å². The molecule has 1 aliphatic rings. The first kappa shape index (κ1) is 16.5. The van der Waals surface area contributed by atoms with E-state index in [0.29, 0.717) is 17.4 Å². The van der Waals surface area contributed by atoms with Crippen LogP contribution in [0.1, 0.15) is 35.9 Å². The fourth-order valence-corrected chi connectivity index (χ4v) is 3.30. The number of aryl methyl sites for hydroxylation is 1. The van der Waals surface area contributed by atoms with Gasteiger partial charge in [0.2, 0.25) is 5.88 Å². The molecule has 6 nitrogen and oxygen atoms in total. The number of carbonyl (C=O) groups is 1. The van der Waals surface area contributed by atoms with Crippen molar-refractivity contribution >= 4 is 5.91 Å². The summed E-state index contributed by atoms with van der Waals surface area (Å²) in [4.78, 5) is 23.1. The van der Waals surface area contributed by atoms with Crippen molar-refractivity contribution < 1.29 is 9.53 Å². The van der Waals surface area contributed by atoms with Crippen molar-refractivity contribution in [3.8, 4) is 5.88 Å². The van der Waals surface area contributed by atoms with Gasteiger partial charge >= 0.3 is 0 Å². The van der Waals surface area contributed by atoms with E-state index in [1.165, 1.54) is 0 Å². The maximum Gasteiger partial charge on any atom is 0.259 e. The second-order valence-electron chi connectivity index (χ2n) is 6.15. The number of carbonyl (C=O) groups excluding carboxylic acids is 1. The number of ether oxygens (including phenoxy) is 1. The second-order valence-corrected chi connectivity index (χ2v) is 6.15. The van der Waals surface area contributed by atoms with Crippen LogP contribution in [-0.2, 0) is 13.0 Å². The molecule has 2 aromatic rings. The number of methoxy groups -OCH3 is 1. The number of amides is 1. The summed E-state index contributed by atoms with van der Waals surface area (Å²) in [5.41, 5.74) is 0.543. The van der Waals surface area contributed by atoms with Crippen LogP contribution in [0.25, 0.3) is 0 Å².